The van der Waals surface area contributed by atoms with Gasteiger partial charge in [-0.05, 0) is 26.2 Å². The fraction of sp³-hybridized carbons (Fsp3) is 0.714. The van der Waals surface area contributed by atoms with Crippen molar-refractivity contribution in [2.24, 2.45) is 0 Å². The predicted octanol–water partition coefficient (Wildman–Crippen LogP) is 1.34. The Morgan fingerprint density at radius 1 is 1.36 bits per heavy atom. The van der Waals surface area contributed by atoms with Crippen LogP contribution in [0.1, 0.15) is 54.6 Å². The van der Waals surface area contributed by atoms with E-state index in [0.29, 0.717) is 24.2 Å². The Hall–Kier alpha value is -1.80. The van der Waals surface area contributed by atoms with Gasteiger partial charge in [0, 0.05) is 19.6 Å². The van der Waals surface area contributed by atoms with Crippen LogP contribution in [-0.4, -0.2) is 50.0 Å². The molecule has 0 unspecified atom stereocenters. The maximum atomic E-state index is 5.51. The molecule has 3 heterocycles. The number of nitrogens with one attached hydrogen (secondary N) is 1. The molecule has 1 aliphatic carbocycles. The van der Waals surface area contributed by atoms with Crippen molar-refractivity contribution in [3.63, 3.8) is 0 Å². The highest BCUT2D eigenvalue weighted by molar-refractivity contribution is 5.06. The average molecular weight is 304 g/mol. The molecule has 8 nitrogen and oxygen atoms in total. The van der Waals surface area contributed by atoms with Crippen LogP contribution in [0, 0.1) is 6.92 Å². The second-order valence-corrected chi connectivity index (χ2v) is 6.13. The van der Waals surface area contributed by atoms with Gasteiger partial charge in [-0.25, -0.2) is 4.98 Å². The fourth-order valence-electron chi connectivity index (χ4n) is 3.01. The Labute approximate surface area is 128 Å². The average Bonchev–Trinajstić information content (AvgIpc) is 2.94. The number of rotatable bonds is 5. The lowest BCUT2D eigenvalue weighted by Crippen LogP contribution is -2.25. The number of nitrogens with zero attached hydrogens (tertiary/aromatic N) is 5. The van der Waals surface area contributed by atoms with Crippen LogP contribution >= 0.6 is 0 Å². The highest BCUT2D eigenvalue weighted by atomic mass is 16.5. The first-order chi connectivity index (χ1) is 10.7. The Morgan fingerprint density at radius 3 is 2.91 bits per heavy atom. The molecule has 8 heteroatoms. The maximum Gasteiger partial charge on any atom is 0.244 e. The normalized spacial score (nSPS) is 25.9. The molecule has 0 aromatic carbocycles. The summed E-state index contributed by atoms with van der Waals surface area (Å²) >= 11 is 0. The molecule has 2 fully saturated rings. The zero-order chi connectivity index (χ0) is 15.1. The number of hydrogen-bond acceptors (Lipinski definition) is 7. The van der Waals surface area contributed by atoms with Gasteiger partial charge in [-0.2, -0.15) is 10.1 Å². The monoisotopic (exact) mass is 304 g/mol. The second kappa shape index (κ2) is 5.44. The molecule has 2 atom stereocenters. The van der Waals surface area contributed by atoms with Crippen molar-refractivity contribution in [3.05, 3.63) is 23.4 Å². The van der Waals surface area contributed by atoms with Crippen molar-refractivity contribution in [1.29, 1.82) is 0 Å². The Balaban J connectivity index is 1.51. The van der Waals surface area contributed by atoms with E-state index in [1.807, 2.05) is 6.92 Å². The highest BCUT2D eigenvalue weighted by Crippen LogP contribution is 2.38. The minimum atomic E-state index is 0.0700. The van der Waals surface area contributed by atoms with E-state index in [0.717, 1.165) is 24.6 Å². The lowest BCUT2D eigenvalue weighted by atomic mass is 10.2. The zero-order valence-corrected chi connectivity index (χ0v) is 12.8. The molecule has 118 valence electrons. The summed E-state index contributed by atoms with van der Waals surface area (Å²) in [6.07, 6.45) is 3.43. The van der Waals surface area contributed by atoms with E-state index in [4.69, 9.17) is 9.26 Å². The molecule has 2 aliphatic rings. The molecule has 2 aromatic heterocycles. The van der Waals surface area contributed by atoms with Crippen molar-refractivity contribution < 1.29 is 9.26 Å². The summed E-state index contributed by atoms with van der Waals surface area (Å²) in [7, 11) is 1.74. The van der Waals surface area contributed by atoms with E-state index in [1.165, 1.54) is 12.8 Å². The van der Waals surface area contributed by atoms with Gasteiger partial charge >= 0.3 is 0 Å². The number of aryl methyl sites for hydroxylation is 1. The number of hydrogen-bond donors (Lipinski definition) is 1. The Bertz CT molecular complexity index is 649. The third-order valence-electron chi connectivity index (χ3n) is 4.37. The molecule has 1 N–H and O–H groups in total. The topological polar surface area (TPSA) is 93.0 Å². The number of likely N-dealkylation sites (tertiary alicyclic amines) is 1. The van der Waals surface area contributed by atoms with E-state index in [1.54, 1.807) is 7.11 Å². The zero-order valence-electron chi connectivity index (χ0n) is 12.8. The van der Waals surface area contributed by atoms with Crippen molar-refractivity contribution in [2.75, 3.05) is 13.7 Å². The van der Waals surface area contributed by atoms with Gasteiger partial charge in [0.25, 0.3) is 0 Å². The third-order valence-corrected chi connectivity index (χ3v) is 4.37. The molecule has 1 saturated heterocycles. The largest absolute Gasteiger partial charge is 0.380 e. The minimum absolute atomic E-state index is 0.0700. The third kappa shape index (κ3) is 2.64. The summed E-state index contributed by atoms with van der Waals surface area (Å²) in [5, 5.41) is 11.3. The van der Waals surface area contributed by atoms with E-state index in [-0.39, 0.29) is 12.1 Å². The van der Waals surface area contributed by atoms with Crippen molar-refractivity contribution in [2.45, 2.75) is 50.8 Å². The predicted molar refractivity (Wildman–Crippen MR) is 76.0 cm³/mol. The van der Waals surface area contributed by atoms with Crippen LogP contribution < -0.4 is 0 Å². The number of H-pyrrole nitrogens is 1. The molecular formula is C14H20N6O2. The lowest BCUT2D eigenvalue weighted by molar-refractivity contribution is 0.107. The van der Waals surface area contributed by atoms with Gasteiger partial charge < -0.3 is 9.26 Å². The number of methoxy groups -OCH3 is 1. The van der Waals surface area contributed by atoms with Crippen molar-refractivity contribution in [3.8, 4) is 0 Å². The van der Waals surface area contributed by atoms with Gasteiger partial charge in [-0.1, -0.05) is 5.16 Å². The summed E-state index contributed by atoms with van der Waals surface area (Å²) in [5.41, 5.74) is 0. The fourth-order valence-corrected chi connectivity index (χ4v) is 3.01. The van der Waals surface area contributed by atoms with Crippen LogP contribution in [-0.2, 0) is 11.3 Å². The smallest absolute Gasteiger partial charge is 0.244 e. The molecule has 0 bridgehead atoms. The highest BCUT2D eigenvalue weighted by Gasteiger charge is 2.37. The Kier molecular flexibility index (Phi) is 3.42. The van der Waals surface area contributed by atoms with Crippen LogP contribution in [0.15, 0.2) is 4.52 Å². The second-order valence-electron chi connectivity index (χ2n) is 6.13. The van der Waals surface area contributed by atoms with Gasteiger partial charge in [0.15, 0.2) is 11.6 Å². The van der Waals surface area contributed by atoms with Crippen LogP contribution in [0.25, 0.3) is 0 Å². The van der Waals surface area contributed by atoms with E-state index in [2.05, 4.69) is 30.2 Å². The summed E-state index contributed by atoms with van der Waals surface area (Å²) in [5.74, 6) is 3.71. The van der Waals surface area contributed by atoms with Crippen LogP contribution in [0.2, 0.25) is 0 Å². The number of aromatic amines is 1. The summed E-state index contributed by atoms with van der Waals surface area (Å²) in [6.45, 7) is 3.34. The minimum Gasteiger partial charge on any atom is -0.380 e. The molecule has 0 spiro atoms. The SMILES string of the molecule is CO[C@@H]1C[C@H](c2nc(C)no2)N(Cc2nc(C3CC3)n[nH]2)C1. The summed E-state index contributed by atoms with van der Waals surface area (Å²) in [4.78, 5) is 11.2. The molecule has 0 radical (unpaired) electrons. The van der Waals surface area contributed by atoms with Gasteiger partial charge in [0.05, 0.1) is 18.7 Å². The lowest BCUT2D eigenvalue weighted by Gasteiger charge is -2.19. The van der Waals surface area contributed by atoms with Gasteiger partial charge in [-0.3, -0.25) is 10.00 Å². The van der Waals surface area contributed by atoms with E-state index >= 15 is 0 Å². The standard InChI is InChI=1S/C14H20N6O2/c1-8-15-14(22-19-8)11-5-10(21-2)6-20(11)7-12-16-13(18-17-12)9-3-4-9/h9-11H,3-7H2,1-2H3,(H,16,17,18)/t10-,11-/m1/s1. The molecule has 1 aliphatic heterocycles. The molecule has 4 rings (SSSR count). The first-order valence-electron chi connectivity index (χ1n) is 7.71. The first-order valence-corrected chi connectivity index (χ1v) is 7.71. The number of ether oxygens (including phenoxy) is 1. The molecular weight excluding hydrogens is 284 g/mol. The molecule has 22 heavy (non-hydrogen) atoms. The first kappa shape index (κ1) is 13.8. The van der Waals surface area contributed by atoms with Crippen molar-refractivity contribution in [1.82, 2.24) is 30.2 Å². The van der Waals surface area contributed by atoms with Crippen molar-refractivity contribution >= 4 is 0 Å². The van der Waals surface area contributed by atoms with E-state index < -0.39 is 0 Å². The molecule has 2 aromatic rings. The summed E-state index contributed by atoms with van der Waals surface area (Å²) < 4.78 is 10.9. The van der Waals surface area contributed by atoms with Gasteiger partial charge in [0.1, 0.15) is 5.82 Å². The molecule has 0 amide bonds. The number of aromatic nitrogens is 5. The maximum absolute atomic E-state index is 5.51. The van der Waals surface area contributed by atoms with Crippen LogP contribution in [0.5, 0.6) is 0 Å². The van der Waals surface area contributed by atoms with Crippen LogP contribution in [0.3, 0.4) is 0 Å². The summed E-state index contributed by atoms with van der Waals surface area (Å²) in [6, 6.07) is 0.0700. The Morgan fingerprint density at radius 2 is 2.23 bits per heavy atom. The van der Waals surface area contributed by atoms with E-state index in [9.17, 15) is 0 Å². The quantitative estimate of drug-likeness (QED) is 0.890. The van der Waals surface area contributed by atoms with Gasteiger partial charge in [0.2, 0.25) is 5.89 Å². The van der Waals surface area contributed by atoms with Crippen LogP contribution in [0.4, 0.5) is 0 Å². The molecule has 1 saturated carbocycles. The van der Waals surface area contributed by atoms with Gasteiger partial charge in [-0.15, -0.1) is 0 Å².